The maximum atomic E-state index is 11.9. The Balaban J connectivity index is 1.86. The molecule has 0 saturated carbocycles. The smallest absolute Gasteiger partial charge is 0.414 e. The van der Waals surface area contributed by atoms with E-state index in [0.29, 0.717) is 37.7 Å². The largest absolute Gasteiger partial charge is 0.447 e. The standard InChI is InChI=1S/C14H20N2O6S/c1-20-8-9-21-10-11-23(18,19)15-12-2-4-13(5-3-12)16-6-7-22-14(16)17/h2-5,15H,6-11H2,1H3. The zero-order valence-corrected chi connectivity index (χ0v) is 13.7. The van der Waals surface area contributed by atoms with Gasteiger partial charge in [0, 0.05) is 18.5 Å². The monoisotopic (exact) mass is 344 g/mol. The van der Waals surface area contributed by atoms with Gasteiger partial charge in [-0.25, -0.2) is 13.2 Å². The average Bonchev–Trinajstić information content (AvgIpc) is 2.93. The summed E-state index contributed by atoms with van der Waals surface area (Å²) >= 11 is 0. The van der Waals surface area contributed by atoms with Gasteiger partial charge in [0.2, 0.25) is 10.0 Å². The van der Waals surface area contributed by atoms with Crippen LogP contribution in [0.3, 0.4) is 0 Å². The van der Waals surface area contributed by atoms with E-state index < -0.39 is 16.1 Å². The lowest BCUT2D eigenvalue weighted by Gasteiger charge is -2.14. The molecule has 1 saturated heterocycles. The third kappa shape index (κ3) is 5.38. The topological polar surface area (TPSA) is 94.2 Å². The second-order valence-corrected chi connectivity index (χ2v) is 6.68. The van der Waals surface area contributed by atoms with E-state index in [0.717, 1.165) is 0 Å². The zero-order valence-electron chi connectivity index (χ0n) is 12.9. The van der Waals surface area contributed by atoms with Crippen molar-refractivity contribution in [3.63, 3.8) is 0 Å². The van der Waals surface area contributed by atoms with Crippen molar-refractivity contribution in [2.75, 3.05) is 55.5 Å². The van der Waals surface area contributed by atoms with Gasteiger partial charge in [0.25, 0.3) is 0 Å². The van der Waals surface area contributed by atoms with Crippen molar-refractivity contribution in [2.24, 2.45) is 0 Å². The number of hydrogen-bond donors (Lipinski definition) is 1. The number of benzene rings is 1. The second kappa shape index (κ2) is 8.14. The van der Waals surface area contributed by atoms with E-state index in [1.165, 1.54) is 4.90 Å². The maximum absolute atomic E-state index is 11.9. The van der Waals surface area contributed by atoms with E-state index in [2.05, 4.69) is 4.72 Å². The first-order chi connectivity index (χ1) is 11.0. The SMILES string of the molecule is COCCOCCS(=O)(=O)Nc1ccc(N2CCOC2=O)cc1. The van der Waals surface area contributed by atoms with E-state index in [-0.39, 0.29) is 12.4 Å². The zero-order chi connectivity index (χ0) is 16.7. The summed E-state index contributed by atoms with van der Waals surface area (Å²) in [5, 5.41) is 0. The van der Waals surface area contributed by atoms with Crippen LogP contribution in [0.25, 0.3) is 0 Å². The molecule has 0 radical (unpaired) electrons. The molecule has 1 aliphatic heterocycles. The predicted molar refractivity (Wildman–Crippen MR) is 85.2 cm³/mol. The van der Waals surface area contributed by atoms with E-state index in [1.807, 2.05) is 0 Å². The van der Waals surface area contributed by atoms with E-state index in [1.54, 1.807) is 31.4 Å². The van der Waals surface area contributed by atoms with Gasteiger partial charge in [0.1, 0.15) is 6.61 Å². The van der Waals surface area contributed by atoms with Crippen molar-refractivity contribution in [2.45, 2.75) is 0 Å². The number of methoxy groups -OCH3 is 1. The van der Waals surface area contributed by atoms with Gasteiger partial charge < -0.3 is 14.2 Å². The van der Waals surface area contributed by atoms with Crippen LogP contribution >= 0.6 is 0 Å². The van der Waals surface area contributed by atoms with E-state index in [4.69, 9.17) is 14.2 Å². The molecular weight excluding hydrogens is 324 g/mol. The van der Waals surface area contributed by atoms with Crippen molar-refractivity contribution >= 4 is 27.5 Å². The lowest BCUT2D eigenvalue weighted by molar-refractivity contribution is 0.0785. The minimum Gasteiger partial charge on any atom is -0.447 e. The van der Waals surface area contributed by atoms with Crippen LogP contribution in [0.4, 0.5) is 16.2 Å². The molecule has 0 atom stereocenters. The van der Waals surface area contributed by atoms with Crippen LogP contribution in [0.15, 0.2) is 24.3 Å². The molecule has 8 nitrogen and oxygen atoms in total. The number of anilines is 2. The van der Waals surface area contributed by atoms with Crippen LogP contribution in [-0.4, -0.2) is 60.3 Å². The quantitative estimate of drug-likeness (QED) is 0.673. The van der Waals surface area contributed by atoms with Crippen LogP contribution in [0, 0.1) is 0 Å². The molecule has 0 aromatic heterocycles. The van der Waals surface area contributed by atoms with E-state index >= 15 is 0 Å². The van der Waals surface area contributed by atoms with Gasteiger partial charge in [-0.05, 0) is 24.3 Å². The first-order valence-electron chi connectivity index (χ1n) is 7.13. The van der Waals surface area contributed by atoms with E-state index in [9.17, 15) is 13.2 Å². The molecule has 1 aliphatic rings. The minimum atomic E-state index is -3.49. The van der Waals surface area contributed by atoms with Crippen molar-refractivity contribution in [3.05, 3.63) is 24.3 Å². The van der Waals surface area contributed by atoms with Gasteiger partial charge in [-0.3, -0.25) is 9.62 Å². The number of amides is 1. The average molecular weight is 344 g/mol. The highest BCUT2D eigenvalue weighted by Gasteiger charge is 2.23. The molecule has 0 spiro atoms. The highest BCUT2D eigenvalue weighted by atomic mass is 32.2. The Bertz CT molecular complexity index is 617. The summed E-state index contributed by atoms with van der Waals surface area (Å²) < 4.78 is 41.1. The Morgan fingerprint density at radius 2 is 1.96 bits per heavy atom. The first kappa shape index (κ1) is 17.5. The summed E-state index contributed by atoms with van der Waals surface area (Å²) in [6.07, 6.45) is -0.397. The molecule has 1 amide bonds. The molecular formula is C14H20N2O6S. The van der Waals surface area contributed by atoms with Crippen LogP contribution in [0.2, 0.25) is 0 Å². The number of hydrogen-bond acceptors (Lipinski definition) is 6. The normalized spacial score (nSPS) is 14.8. The Morgan fingerprint density at radius 1 is 1.22 bits per heavy atom. The molecule has 1 N–H and O–H groups in total. The predicted octanol–water partition coefficient (Wildman–Crippen LogP) is 1.05. The summed E-state index contributed by atoms with van der Waals surface area (Å²) in [5.74, 6) is -0.142. The van der Waals surface area contributed by atoms with Gasteiger partial charge in [0.15, 0.2) is 0 Å². The fourth-order valence-corrected chi connectivity index (χ4v) is 2.92. The molecule has 128 valence electrons. The molecule has 0 bridgehead atoms. The van der Waals surface area contributed by atoms with Gasteiger partial charge in [-0.15, -0.1) is 0 Å². The van der Waals surface area contributed by atoms with Crippen LogP contribution < -0.4 is 9.62 Å². The number of sulfonamides is 1. The molecule has 23 heavy (non-hydrogen) atoms. The number of carbonyl (C=O) groups excluding carboxylic acids is 1. The van der Waals surface area contributed by atoms with Crippen molar-refractivity contribution in [1.29, 1.82) is 0 Å². The fourth-order valence-electron chi connectivity index (χ4n) is 1.98. The third-order valence-corrected chi connectivity index (χ3v) is 4.39. The van der Waals surface area contributed by atoms with Gasteiger partial charge in [0.05, 0.1) is 32.1 Å². The van der Waals surface area contributed by atoms with Crippen LogP contribution in [0.5, 0.6) is 0 Å². The summed E-state index contributed by atoms with van der Waals surface area (Å²) in [6.45, 7) is 1.72. The number of nitrogens with zero attached hydrogens (tertiary/aromatic N) is 1. The highest BCUT2D eigenvalue weighted by Crippen LogP contribution is 2.21. The van der Waals surface area contributed by atoms with Gasteiger partial charge in [-0.1, -0.05) is 0 Å². The van der Waals surface area contributed by atoms with Crippen LogP contribution in [0.1, 0.15) is 0 Å². The molecule has 1 aromatic rings. The molecule has 1 heterocycles. The second-order valence-electron chi connectivity index (χ2n) is 4.84. The van der Waals surface area contributed by atoms with Crippen molar-refractivity contribution in [1.82, 2.24) is 0 Å². The van der Waals surface area contributed by atoms with Crippen molar-refractivity contribution < 1.29 is 27.4 Å². The number of cyclic esters (lactones) is 1. The molecule has 0 aliphatic carbocycles. The molecule has 0 unspecified atom stereocenters. The fraction of sp³-hybridized carbons (Fsp3) is 0.500. The summed E-state index contributed by atoms with van der Waals surface area (Å²) in [4.78, 5) is 12.9. The van der Waals surface area contributed by atoms with Crippen LogP contribution in [-0.2, 0) is 24.2 Å². The number of carbonyl (C=O) groups is 1. The highest BCUT2D eigenvalue weighted by molar-refractivity contribution is 7.92. The van der Waals surface area contributed by atoms with Crippen molar-refractivity contribution in [3.8, 4) is 0 Å². The molecule has 1 fully saturated rings. The molecule has 9 heteroatoms. The summed E-state index contributed by atoms with van der Waals surface area (Å²) in [5.41, 5.74) is 1.09. The lowest BCUT2D eigenvalue weighted by Crippen LogP contribution is -2.23. The number of nitrogens with one attached hydrogen (secondary N) is 1. The Morgan fingerprint density at radius 3 is 2.57 bits per heavy atom. The summed E-state index contributed by atoms with van der Waals surface area (Å²) in [7, 11) is -1.94. The maximum Gasteiger partial charge on any atom is 0.414 e. The lowest BCUT2D eigenvalue weighted by atomic mass is 10.2. The number of ether oxygens (including phenoxy) is 3. The summed E-state index contributed by atoms with van der Waals surface area (Å²) in [6, 6.07) is 6.54. The number of rotatable bonds is 9. The Labute approximate surface area is 135 Å². The molecule has 1 aromatic carbocycles. The first-order valence-corrected chi connectivity index (χ1v) is 8.78. The Kier molecular flexibility index (Phi) is 6.20. The van der Waals surface area contributed by atoms with Gasteiger partial charge in [-0.2, -0.15) is 0 Å². The molecule has 2 rings (SSSR count). The minimum absolute atomic E-state index is 0.0936. The third-order valence-electron chi connectivity index (χ3n) is 3.14. The van der Waals surface area contributed by atoms with Gasteiger partial charge >= 0.3 is 6.09 Å². The Hall–Kier alpha value is -1.84.